The van der Waals surface area contributed by atoms with E-state index in [0.717, 1.165) is 26.0 Å². The summed E-state index contributed by atoms with van der Waals surface area (Å²) in [5, 5.41) is -0.244. The third-order valence-electron chi connectivity index (χ3n) is 5.51. The molecule has 0 radical (unpaired) electrons. The number of ether oxygens (including phenoxy) is 3. The van der Waals surface area contributed by atoms with Crippen LogP contribution < -0.4 is 4.90 Å². The van der Waals surface area contributed by atoms with Crippen molar-refractivity contribution < 1.29 is 46.6 Å². The van der Waals surface area contributed by atoms with Crippen LogP contribution in [0.4, 0.5) is 18.9 Å². The minimum Gasteiger partial charge on any atom is -0.422 e. The van der Waals surface area contributed by atoms with Gasteiger partial charge in [0.15, 0.2) is 5.60 Å². The number of carbonyl (C=O) groups excluding carboxylic acids is 4. The van der Waals surface area contributed by atoms with Crippen molar-refractivity contribution in [1.82, 2.24) is 0 Å². The molecule has 3 aliphatic rings. The highest BCUT2D eigenvalue weighted by atomic mass is 35.5. The zero-order valence-corrected chi connectivity index (χ0v) is 17.3. The summed E-state index contributed by atoms with van der Waals surface area (Å²) in [4.78, 5) is 50.2. The zero-order valence-electron chi connectivity index (χ0n) is 16.5. The van der Waals surface area contributed by atoms with Crippen molar-refractivity contribution in [2.24, 2.45) is 11.8 Å². The average Bonchev–Trinajstić information content (AvgIpc) is 3.32. The normalized spacial score (nSPS) is 28.5. The van der Waals surface area contributed by atoms with E-state index in [1.54, 1.807) is 0 Å². The Labute approximate surface area is 183 Å². The molecular formula is C20H15ClF3NO7. The van der Waals surface area contributed by atoms with Crippen LogP contribution in [0.3, 0.4) is 0 Å². The molecule has 4 atom stereocenters. The predicted molar refractivity (Wildman–Crippen MR) is 100.0 cm³/mol. The van der Waals surface area contributed by atoms with Gasteiger partial charge < -0.3 is 14.2 Å². The van der Waals surface area contributed by atoms with Crippen LogP contribution in [0.1, 0.15) is 19.4 Å². The van der Waals surface area contributed by atoms with Crippen LogP contribution in [-0.4, -0.2) is 41.7 Å². The highest BCUT2D eigenvalue weighted by molar-refractivity contribution is 6.36. The van der Waals surface area contributed by atoms with Gasteiger partial charge in [0.2, 0.25) is 11.8 Å². The largest absolute Gasteiger partial charge is 0.422 e. The van der Waals surface area contributed by atoms with Gasteiger partial charge in [0, 0.05) is 13.8 Å². The van der Waals surface area contributed by atoms with Crippen molar-refractivity contribution in [2.75, 3.05) is 4.90 Å². The van der Waals surface area contributed by atoms with Crippen molar-refractivity contribution in [3.63, 3.8) is 0 Å². The Morgan fingerprint density at radius 2 is 1.78 bits per heavy atom. The van der Waals surface area contributed by atoms with Crippen molar-refractivity contribution in [3.8, 4) is 0 Å². The number of halogens is 4. The minimum atomic E-state index is -4.73. The lowest BCUT2D eigenvalue weighted by molar-refractivity contribution is -0.226. The second-order valence-corrected chi connectivity index (χ2v) is 7.93. The number of esters is 2. The number of nitrogens with zero attached hydrogens (tertiary/aromatic N) is 1. The molecule has 0 N–H and O–H groups in total. The Kier molecular flexibility index (Phi) is 5.09. The number of amides is 2. The number of carbonyl (C=O) groups is 4. The van der Waals surface area contributed by atoms with Gasteiger partial charge in [-0.2, -0.15) is 13.2 Å². The van der Waals surface area contributed by atoms with Crippen molar-refractivity contribution in [3.05, 3.63) is 40.9 Å². The molecule has 3 heterocycles. The molecule has 0 aliphatic carbocycles. The molecule has 1 aromatic carbocycles. The van der Waals surface area contributed by atoms with E-state index in [2.05, 4.69) is 0 Å². The molecule has 1 aromatic rings. The fraction of sp³-hybridized carbons (Fsp3) is 0.400. The quantitative estimate of drug-likeness (QED) is 0.287. The number of benzene rings is 1. The number of anilines is 1. The molecule has 32 heavy (non-hydrogen) atoms. The smallest absolute Gasteiger partial charge is 0.416 e. The molecular weight excluding hydrogens is 459 g/mol. The Hall–Kier alpha value is -2.92. The van der Waals surface area contributed by atoms with Gasteiger partial charge in [-0.25, -0.2) is 4.90 Å². The Bertz CT molecular complexity index is 1060. The average molecular weight is 474 g/mol. The van der Waals surface area contributed by atoms with Gasteiger partial charge in [-0.05, 0) is 24.3 Å². The molecule has 2 fully saturated rings. The van der Waals surface area contributed by atoms with Crippen LogP contribution in [0.5, 0.6) is 0 Å². The highest BCUT2D eigenvalue weighted by Gasteiger charge is 2.72. The fourth-order valence-electron chi connectivity index (χ4n) is 4.31. The monoisotopic (exact) mass is 473 g/mol. The maximum atomic E-state index is 13.4. The maximum absolute atomic E-state index is 13.4. The second kappa shape index (κ2) is 7.31. The van der Waals surface area contributed by atoms with Gasteiger partial charge >= 0.3 is 18.1 Å². The maximum Gasteiger partial charge on any atom is 0.416 e. The topological polar surface area (TPSA) is 99.2 Å². The first-order chi connectivity index (χ1) is 14.9. The third-order valence-corrected chi connectivity index (χ3v) is 5.83. The Morgan fingerprint density at radius 1 is 1.16 bits per heavy atom. The summed E-state index contributed by atoms with van der Waals surface area (Å²) < 4.78 is 55.5. The molecule has 0 saturated carbocycles. The summed E-state index contributed by atoms with van der Waals surface area (Å²) in [6.45, 7) is 2.10. The standard InChI is InChI=1S/C20H15ClF3NO7/c1-8(26)30-18(31-9(2)27)19-6-5-13(32-19)14-15(19)17(29)25(16(14)28)12-7-10(20(22,23)24)3-4-11(12)21/h3-7,13-15,18H,1-2H3/t13-,14+,15+,19+/m0/s1. The number of fused-ring (bicyclic) bond motifs is 5. The van der Waals surface area contributed by atoms with E-state index >= 15 is 0 Å². The van der Waals surface area contributed by atoms with Gasteiger partial charge in [-0.15, -0.1) is 0 Å². The number of rotatable bonds is 4. The molecule has 4 rings (SSSR count). The molecule has 3 aliphatic heterocycles. The van der Waals surface area contributed by atoms with Crippen molar-refractivity contribution >= 4 is 41.0 Å². The number of hydrogen-bond acceptors (Lipinski definition) is 7. The molecule has 0 spiro atoms. The summed E-state index contributed by atoms with van der Waals surface area (Å²) in [5.74, 6) is -5.89. The van der Waals surface area contributed by atoms with Crippen LogP contribution in [0.2, 0.25) is 5.02 Å². The van der Waals surface area contributed by atoms with E-state index in [4.69, 9.17) is 25.8 Å². The summed E-state index contributed by atoms with van der Waals surface area (Å²) >= 11 is 6.04. The fourth-order valence-corrected chi connectivity index (χ4v) is 4.52. The predicted octanol–water partition coefficient (Wildman–Crippen LogP) is 2.62. The van der Waals surface area contributed by atoms with Gasteiger partial charge in [0.05, 0.1) is 34.2 Å². The summed E-state index contributed by atoms with van der Waals surface area (Å²) in [6.07, 6.45) is -4.56. The van der Waals surface area contributed by atoms with Gasteiger partial charge in [-0.1, -0.05) is 17.7 Å². The third kappa shape index (κ3) is 3.27. The van der Waals surface area contributed by atoms with E-state index in [9.17, 15) is 32.3 Å². The first-order valence-corrected chi connectivity index (χ1v) is 9.71. The molecule has 8 nitrogen and oxygen atoms in total. The summed E-state index contributed by atoms with van der Waals surface area (Å²) in [5.41, 5.74) is -3.35. The lowest BCUT2D eigenvalue weighted by Gasteiger charge is -2.34. The molecule has 0 aromatic heterocycles. The first-order valence-electron chi connectivity index (χ1n) is 9.33. The molecule has 2 amide bonds. The lowest BCUT2D eigenvalue weighted by atomic mass is 9.76. The highest BCUT2D eigenvalue weighted by Crippen LogP contribution is 2.55. The number of hydrogen-bond donors (Lipinski definition) is 0. The molecule has 2 saturated heterocycles. The van der Waals surface area contributed by atoms with Gasteiger partial charge in [0.25, 0.3) is 6.29 Å². The van der Waals surface area contributed by atoms with Crippen molar-refractivity contribution in [1.29, 1.82) is 0 Å². The van der Waals surface area contributed by atoms with E-state index in [1.807, 2.05) is 0 Å². The zero-order chi connectivity index (χ0) is 23.6. The number of alkyl halides is 3. The van der Waals surface area contributed by atoms with Crippen LogP contribution in [0, 0.1) is 11.8 Å². The molecule has 0 unspecified atom stereocenters. The SMILES string of the molecule is CC(=O)OC(OC(C)=O)[C@]12C=C[C@H](O1)[C@H]1C(=O)N(c3cc(C(F)(F)F)ccc3Cl)C(=O)[C@@H]12. The minimum absolute atomic E-state index is 0.244. The van der Waals surface area contributed by atoms with Crippen molar-refractivity contribution in [2.45, 2.75) is 38.0 Å². The first kappa shape index (κ1) is 22.3. The number of imide groups is 1. The Morgan fingerprint density at radius 3 is 2.34 bits per heavy atom. The van der Waals surface area contributed by atoms with Crippen LogP contribution in [0.15, 0.2) is 30.4 Å². The van der Waals surface area contributed by atoms with E-state index < -0.39 is 71.0 Å². The molecule has 12 heteroatoms. The van der Waals surface area contributed by atoms with E-state index in [1.165, 1.54) is 12.2 Å². The summed E-state index contributed by atoms with van der Waals surface area (Å²) in [6, 6.07) is 2.27. The molecule has 170 valence electrons. The van der Waals surface area contributed by atoms with Crippen LogP contribution >= 0.6 is 11.6 Å². The Balaban J connectivity index is 1.78. The second-order valence-electron chi connectivity index (χ2n) is 7.53. The lowest BCUT2D eigenvalue weighted by Crippen LogP contribution is -2.52. The summed E-state index contributed by atoms with van der Waals surface area (Å²) in [7, 11) is 0. The van der Waals surface area contributed by atoms with Crippen LogP contribution in [0.25, 0.3) is 0 Å². The van der Waals surface area contributed by atoms with Gasteiger partial charge in [-0.3, -0.25) is 19.2 Å². The van der Waals surface area contributed by atoms with E-state index in [0.29, 0.717) is 11.0 Å². The van der Waals surface area contributed by atoms with Gasteiger partial charge in [0.1, 0.15) is 0 Å². The van der Waals surface area contributed by atoms with E-state index in [-0.39, 0.29) is 5.02 Å². The molecule has 2 bridgehead atoms. The van der Waals surface area contributed by atoms with Crippen LogP contribution in [-0.2, 0) is 39.6 Å².